The second-order valence-corrected chi connectivity index (χ2v) is 4.71. The Balaban J connectivity index is 2.04. The standard InChI is InChI=1S/C16H20N2O3/c1-3-20-14-6-4-5-12(7-14)11(2)18-16(19)13-8-15(9-17)21-10-13/h4-8,10-11H,3,9,17H2,1-2H3,(H,18,19). The lowest BCUT2D eigenvalue weighted by Gasteiger charge is -2.15. The molecule has 1 atom stereocenters. The molecule has 3 N–H and O–H groups in total. The molecule has 0 aliphatic rings. The number of hydrogen-bond donors (Lipinski definition) is 2. The summed E-state index contributed by atoms with van der Waals surface area (Å²) in [6.45, 7) is 4.75. The number of nitrogens with one attached hydrogen (secondary N) is 1. The van der Waals surface area contributed by atoms with E-state index in [0.717, 1.165) is 11.3 Å². The van der Waals surface area contributed by atoms with Gasteiger partial charge in [0.2, 0.25) is 0 Å². The maximum absolute atomic E-state index is 12.1. The van der Waals surface area contributed by atoms with Crippen LogP contribution in [0.1, 0.15) is 41.6 Å². The third kappa shape index (κ3) is 3.86. The number of rotatable bonds is 6. The molecule has 0 saturated carbocycles. The van der Waals surface area contributed by atoms with Crippen LogP contribution in [0.5, 0.6) is 5.75 Å². The molecule has 1 amide bonds. The maximum atomic E-state index is 12.1. The Labute approximate surface area is 124 Å². The van der Waals surface area contributed by atoms with E-state index in [1.807, 2.05) is 38.1 Å². The molecule has 21 heavy (non-hydrogen) atoms. The third-order valence-electron chi connectivity index (χ3n) is 3.13. The van der Waals surface area contributed by atoms with Gasteiger partial charge in [0.25, 0.3) is 5.91 Å². The Bertz CT molecular complexity index is 607. The summed E-state index contributed by atoms with van der Waals surface area (Å²) in [6.07, 6.45) is 1.42. The number of ether oxygens (including phenoxy) is 1. The fraction of sp³-hybridized carbons (Fsp3) is 0.312. The zero-order valence-corrected chi connectivity index (χ0v) is 12.3. The molecule has 0 radical (unpaired) electrons. The van der Waals surface area contributed by atoms with Gasteiger partial charge in [-0.2, -0.15) is 0 Å². The van der Waals surface area contributed by atoms with Crippen molar-refractivity contribution in [3.8, 4) is 5.75 Å². The van der Waals surface area contributed by atoms with Crippen LogP contribution in [-0.4, -0.2) is 12.5 Å². The van der Waals surface area contributed by atoms with Crippen molar-refractivity contribution in [2.75, 3.05) is 6.61 Å². The zero-order chi connectivity index (χ0) is 15.2. The lowest BCUT2D eigenvalue weighted by atomic mass is 10.1. The fourth-order valence-electron chi connectivity index (χ4n) is 2.01. The Morgan fingerprint density at radius 3 is 2.90 bits per heavy atom. The first-order valence-corrected chi connectivity index (χ1v) is 6.95. The molecule has 112 valence electrons. The predicted octanol–water partition coefficient (Wildman–Crippen LogP) is 2.63. The average molecular weight is 288 g/mol. The molecule has 1 aromatic carbocycles. The Morgan fingerprint density at radius 1 is 1.43 bits per heavy atom. The molecular weight excluding hydrogens is 268 g/mol. The highest BCUT2D eigenvalue weighted by Crippen LogP contribution is 2.19. The van der Waals surface area contributed by atoms with Crippen molar-refractivity contribution in [3.63, 3.8) is 0 Å². The quantitative estimate of drug-likeness (QED) is 0.856. The lowest BCUT2D eigenvalue weighted by molar-refractivity contribution is 0.0939. The topological polar surface area (TPSA) is 77.5 Å². The number of carbonyl (C=O) groups excluding carboxylic acids is 1. The van der Waals surface area contributed by atoms with E-state index in [1.165, 1.54) is 6.26 Å². The molecule has 5 heteroatoms. The molecule has 0 fully saturated rings. The summed E-state index contributed by atoms with van der Waals surface area (Å²) in [4.78, 5) is 12.1. The molecule has 1 heterocycles. The maximum Gasteiger partial charge on any atom is 0.255 e. The van der Waals surface area contributed by atoms with Crippen LogP contribution in [0.2, 0.25) is 0 Å². The minimum atomic E-state index is -0.187. The van der Waals surface area contributed by atoms with Crippen molar-refractivity contribution in [3.05, 3.63) is 53.5 Å². The molecule has 1 aromatic heterocycles. The second kappa shape index (κ2) is 6.95. The van der Waals surface area contributed by atoms with Crippen LogP contribution in [-0.2, 0) is 6.54 Å². The number of carbonyl (C=O) groups is 1. The summed E-state index contributed by atoms with van der Waals surface area (Å²) in [7, 11) is 0. The van der Waals surface area contributed by atoms with Crippen LogP contribution < -0.4 is 15.8 Å². The minimum Gasteiger partial charge on any atom is -0.494 e. The van der Waals surface area contributed by atoms with Crippen LogP contribution in [0, 0.1) is 0 Å². The minimum absolute atomic E-state index is 0.130. The van der Waals surface area contributed by atoms with Gasteiger partial charge in [-0.1, -0.05) is 12.1 Å². The summed E-state index contributed by atoms with van der Waals surface area (Å²) >= 11 is 0. The molecule has 1 unspecified atom stereocenters. The van der Waals surface area contributed by atoms with Crippen molar-refractivity contribution >= 4 is 5.91 Å². The molecule has 0 spiro atoms. The van der Waals surface area contributed by atoms with Gasteiger partial charge in [0, 0.05) is 0 Å². The smallest absolute Gasteiger partial charge is 0.255 e. The summed E-state index contributed by atoms with van der Waals surface area (Å²) in [5.41, 5.74) is 6.92. The van der Waals surface area contributed by atoms with E-state index in [-0.39, 0.29) is 18.5 Å². The first-order chi connectivity index (χ1) is 10.1. The van der Waals surface area contributed by atoms with Gasteiger partial charge < -0.3 is 20.2 Å². The highest BCUT2D eigenvalue weighted by Gasteiger charge is 2.14. The van der Waals surface area contributed by atoms with Gasteiger partial charge in [-0.15, -0.1) is 0 Å². The van der Waals surface area contributed by atoms with E-state index < -0.39 is 0 Å². The molecular formula is C16H20N2O3. The normalized spacial score (nSPS) is 12.0. The summed E-state index contributed by atoms with van der Waals surface area (Å²) in [5, 5.41) is 2.92. The number of furan rings is 1. The number of benzene rings is 1. The van der Waals surface area contributed by atoms with Crippen LogP contribution in [0.3, 0.4) is 0 Å². The van der Waals surface area contributed by atoms with Crippen LogP contribution in [0.4, 0.5) is 0 Å². The van der Waals surface area contributed by atoms with E-state index in [1.54, 1.807) is 6.07 Å². The van der Waals surface area contributed by atoms with E-state index >= 15 is 0 Å². The van der Waals surface area contributed by atoms with Gasteiger partial charge in [0.05, 0.1) is 24.8 Å². The van der Waals surface area contributed by atoms with E-state index in [2.05, 4.69) is 5.32 Å². The van der Waals surface area contributed by atoms with Crippen molar-refractivity contribution in [2.24, 2.45) is 5.73 Å². The summed E-state index contributed by atoms with van der Waals surface area (Å²) in [6, 6.07) is 9.20. The zero-order valence-electron chi connectivity index (χ0n) is 12.3. The lowest BCUT2D eigenvalue weighted by Crippen LogP contribution is -2.26. The fourth-order valence-corrected chi connectivity index (χ4v) is 2.01. The van der Waals surface area contributed by atoms with Gasteiger partial charge in [-0.05, 0) is 37.6 Å². The summed E-state index contributed by atoms with van der Waals surface area (Å²) < 4.78 is 10.6. The van der Waals surface area contributed by atoms with Crippen molar-refractivity contribution in [1.82, 2.24) is 5.32 Å². The van der Waals surface area contributed by atoms with Crippen LogP contribution in [0.15, 0.2) is 41.0 Å². The first kappa shape index (κ1) is 15.1. The number of hydrogen-bond acceptors (Lipinski definition) is 4. The summed E-state index contributed by atoms with van der Waals surface area (Å²) in [5.74, 6) is 1.20. The SMILES string of the molecule is CCOc1cccc(C(C)NC(=O)c2coc(CN)c2)c1. The van der Waals surface area contributed by atoms with E-state index in [0.29, 0.717) is 17.9 Å². The first-order valence-electron chi connectivity index (χ1n) is 6.95. The van der Waals surface area contributed by atoms with Gasteiger partial charge in [0.1, 0.15) is 17.8 Å². The van der Waals surface area contributed by atoms with Gasteiger partial charge in [0.15, 0.2) is 0 Å². The molecule has 0 saturated heterocycles. The molecule has 0 bridgehead atoms. The number of nitrogens with two attached hydrogens (primary N) is 1. The molecule has 0 aliphatic heterocycles. The van der Waals surface area contributed by atoms with Gasteiger partial charge in [-0.25, -0.2) is 0 Å². The average Bonchev–Trinajstić information content (AvgIpc) is 2.97. The van der Waals surface area contributed by atoms with Gasteiger partial charge >= 0.3 is 0 Å². The van der Waals surface area contributed by atoms with E-state index in [4.69, 9.17) is 14.9 Å². The number of amides is 1. The van der Waals surface area contributed by atoms with Crippen LogP contribution in [0.25, 0.3) is 0 Å². The monoisotopic (exact) mass is 288 g/mol. The third-order valence-corrected chi connectivity index (χ3v) is 3.13. The highest BCUT2D eigenvalue weighted by molar-refractivity contribution is 5.94. The molecule has 5 nitrogen and oxygen atoms in total. The van der Waals surface area contributed by atoms with Crippen molar-refractivity contribution in [1.29, 1.82) is 0 Å². The van der Waals surface area contributed by atoms with E-state index in [9.17, 15) is 4.79 Å². The largest absolute Gasteiger partial charge is 0.494 e. The molecule has 0 aliphatic carbocycles. The Kier molecular flexibility index (Phi) is 5.00. The predicted molar refractivity (Wildman–Crippen MR) is 80.1 cm³/mol. The van der Waals surface area contributed by atoms with Gasteiger partial charge in [-0.3, -0.25) is 4.79 Å². The van der Waals surface area contributed by atoms with Crippen molar-refractivity contribution < 1.29 is 13.9 Å². The Morgan fingerprint density at radius 2 is 2.24 bits per heavy atom. The second-order valence-electron chi connectivity index (χ2n) is 4.71. The Hall–Kier alpha value is -2.27. The highest BCUT2D eigenvalue weighted by atomic mass is 16.5. The van der Waals surface area contributed by atoms with Crippen molar-refractivity contribution in [2.45, 2.75) is 26.4 Å². The molecule has 2 rings (SSSR count). The molecule has 2 aromatic rings. The van der Waals surface area contributed by atoms with Crippen LogP contribution >= 0.6 is 0 Å².